The van der Waals surface area contributed by atoms with Crippen LogP contribution in [0.4, 0.5) is 0 Å². The number of fused-ring (bicyclic) bond motifs is 1. The van der Waals surface area contributed by atoms with Crippen LogP contribution in [0, 0.1) is 17.3 Å². The highest BCUT2D eigenvalue weighted by molar-refractivity contribution is 5.86. The van der Waals surface area contributed by atoms with Gasteiger partial charge in [-0.1, -0.05) is 26.8 Å². The van der Waals surface area contributed by atoms with Crippen molar-refractivity contribution in [1.82, 2.24) is 0 Å². The summed E-state index contributed by atoms with van der Waals surface area (Å²) in [5, 5.41) is 30.3. The molecule has 4 nitrogen and oxygen atoms in total. The Morgan fingerprint density at radius 1 is 1.47 bits per heavy atom. The molecule has 0 amide bonds. The lowest BCUT2D eigenvalue weighted by atomic mass is 9.69. The molecule has 0 aromatic heterocycles. The Labute approximate surface area is 114 Å². The Bertz CT molecular complexity index is 414. The van der Waals surface area contributed by atoms with E-state index in [4.69, 9.17) is 5.11 Å². The number of hydrogen-bond acceptors (Lipinski definition) is 3. The number of aliphatic carboxylic acids is 1. The fraction of sp³-hybridized carbons (Fsp3) is 0.800. The maximum atomic E-state index is 11.1. The average Bonchev–Trinajstić information content (AvgIpc) is 2.44. The number of hydrogen-bond donors (Lipinski definition) is 3. The quantitative estimate of drug-likeness (QED) is 0.715. The van der Waals surface area contributed by atoms with Crippen LogP contribution >= 0.6 is 0 Å². The second-order valence-electron chi connectivity index (χ2n) is 6.75. The molecule has 3 N–H and O–H groups in total. The van der Waals surface area contributed by atoms with E-state index in [2.05, 4.69) is 6.92 Å². The third-order valence-electron chi connectivity index (χ3n) is 5.31. The van der Waals surface area contributed by atoms with E-state index in [0.29, 0.717) is 31.3 Å². The molecule has 0 bridgehead atoms. The third-order valence-corrected chi connectivity index (χ3v) is 5.31. The Balaban J connectivity index is 2.34. The Morgan fingerprint density at radius 3 is 2.63 bits per heavy atom. The molecule has 108 valence electrons. The highest BCUT2D eigenvalue weighted by Crippen LogP contribution is 2.57. The van der Waals surface area contributed by atoms with Gasteiger partial charge in [0, 0.05) is 5.57 Å². The molecule has 0 saturated heterocycles. The van der Waals surface area contributed by atoms with Gasteiger partial charge in [-0.25, -0.2) is 4.79 Å². The first kappa shape index (κ1) is 14.5. The number of allylic oxidation sites excluding steroid dienone is 1. The van der Waals surface area contributed by atoms with Crippen molar-refractivity contribution in [3.63, 3.8) is 0 Å². The van der Waals surface area contributed by atoms with E-state index in [0.717, 1.165) is 0 Å². The van der Waals surface area contributed by atoms with Crippen LogP contribution in [0.3, 0.4) is 0 Å². The molecule has 2 rings (SSSR count). The van der Waals surface area contributed by atoms with E-state index in [1.807, 2.05) is 13.8 Å². The summed E-state index contributed by atoms with van der Waals surface area (Å²) in [6, 6.07) is 0. The molecule has 2 aliphatic rings. The summed E-state index contributed by atoms with van der Waals surface area (Å²) in [6.45, 7) is 5.90. The van der Waals surface area contributed by atoms with Gasteiger partial charge >= 0.3 is 5.97 Å². The lowest BCUT2D eigenvalue weighted by molar-refractivity contribution is -0.133. The van der Waals surface area contributed by atoms with Gasteiger partial charge in [0.05, 0.1) is 11.7 Å². The molecule has 0 radical (unpaired) electrons. The molecule has 4 atom stereocenters. The van der Waals surface area contributed by atoms with Gasteiger partial charge in [-0.15, -0.1) is 0 Å². The lowest BCUT2D eigenvalue weighted by Crippen LogP contribution is -2.49. The van der Waals surface area contributed by atoms with Gasteiger partial charge in [-0.05, 0) is 42.9 Å². The van der Waals surface area contributed by atoms with Crippen LogP contribution in [0.25, 0.3) is 0 Å². The van der Waals surface area contributed by atoms with Crippen LogP contribution < -0.4 is 0 Å². The number of carboxylic acids is 1. The molecule has 0 aliphatic heterocycles. The SMILES string of the molecule is CC(C)C1(O)C(O)CC2(C)CC=C(C(=O)O)CCC21. The first-order valence-electron chi connectivity index (χ1n) is 7.04. The topological polar surface area (TPSA) is 77.8 Å². The van der Waals surface area contributed by atoms with Crippen LogP contribution in [-0.4, -0.2) is 33.0 Å². The van der Waals surface area contributed by atoms with Crippen LogP contribution in [0.5, 0.6) is 0 Å². The Morgan fingerprint density at radius 2 is 2.11 bits per heavy atom. The summed E-state index contributed by atoms with van der Waals surface area (Å²) in [4.78, 5) is 11.1. The largest absolute Gasteiger partial charge is 0.478 e. The molecular weight excluding hydrogens is 244 g/mol. The van der Waals surface area contributed by atoms with E-state index in [9.17, 15) is 15.0 Å². The molecule has 19 heavy (non-hydrogen) atoms. The van der Waals surface area contributed by atoms with E-state index in [1.165, 1.54) is 0 Å². The second-order valence-corrected chi connectivity index (χ2v) is 6.75. The fourth-order valence-corrected chi connectivity index (χ4v) is 4.08. The van der Waals surface area contributed by atoms with Crippen LogP contribution in [0.1, 0.15) is 46.5 Å². The highest BCUT2D eigenvalue weighted by Gasteiger charge is 2.60. The lowest BCUT2D eigenvalue weighted by Gasteiger charge is -2.40. The van der Waals surface area contributed by atoms with Crippen molar-refractivity contribution in [2.75, 3.05) is 0 Å². The van der Waals surface area contributed by atoms with Crippen molar-refractivity contribution < 1.29 is 20.1 Å². The van der Waals surface area contributed by atoms with Gasteiger partial charge in [0.25, 0.3) is 0 Å². The maximum absolute atomic E-state index is 11.1. The van der Waals surface area contributed by atoms with Crippen molar-refractivity contribution in [3.8, 4) is 0 Å². The zero-order valence-corrected chi connectivity index (χ0v) is 11.9. The van der Waals surface area contributed by atoms with E-state index < -0.39 is 17.7 Å². The molecule has 0 aromatic carbocycles. The number of aliphatic hydroxyl groups excluding tert-OH is 1. The third kappa shape index (κ3) is 2.11. The van der Waals surface area contributed by atoms with Crippen LogP contribution in [-0.2, 0) is 4.79 Å². The van der Waals surface area contributed by atoms with Crippen molar-refractivity contribution >= 4 is 5.97 Å². The molecule has 0 heterocycles. The number of carbonyl (C=O) groups is 1. The number of rotatable bonds is 2. The van der Waals surface area contributed by atoms with E-state index >= 15 is 0 Å². The van der Waals surface area contributed by atoms with Gasteiger partial charge < -0.3 is 15.3 Å². The first-order chi connectivity index (χ1) is 8.71. The van der Waals surface area contributed by atoms with Gasteiger partial charge in [-0.3, -0.25) is 0 Å². The standard InChI is InChI=1S/C15H24O4/c1-9(2)15(19)11-5-4-10(13(17)18)6-7-14(11,3)8-12(15)16/h6,9,11-12,16,19H,4-5,7-8H2,1-3H3,(H,17,18). The molecule has 0 aromatic rings. The van der Waals surface area contributed by atoms with Crippen molar-refractivity contribution in [1.29, 1.82) is 0 Å². The van der Waals surface area contributed by atoms with Crippen molar-refractivity contribution in [2.45, 2.75) is 58.2 Å². The molecule has 1 saturated carbocycles. The fourth-order valence-electron chi connectivity index (χ4n) is 4.08. The smallest absolute Gasteiger partial charge is 0.331 e. The predicted octanol–water partition coefficient (Wildman–Crippen LogP) is 1.96. The molecule has 2 aliphatic carbocycles. The first-order valence-corrected chi connectivity index (χ1v) is 7.04. The summed E-state index contributed by atoms with van der Waals surface area (Å²) in [6.07, 6.45) is 3.31. The summed E-state index contributed by atoms with van der Waals surface area (Å²) < 4.78 is 0. The van der Waals surface area contributed by atoms with E-state index in [1.54, 1.807) is 6.08 Å². The summed E-state index contributed by atoms with van der Waals surface area (Å²) >= 11 is 0. The van der Waals surface area contributed by atoms with Gasteiger partial charge in [-0.2, -0.15) is 0 Å². The molecule has 1 fully saturated rings. The van der Waals surface area contributed by atoms with Crippen LogP contribution in [0.2, 0.25) is 0 Å². The summed E-state index contributed by atoms with van der Waals surface area (Å²) in [5.41, 5.74) is -0.872. The number of carboxylic acid groups (broad SMARTS) is 1. The maximum Gasteiger partial charge on any atom is 0.331 e. The van der Waals surface area contributed by atoms with E-state index in [-0.39, 0.29) is 17.3 Å². The molecule has 0 spiro atoms. The zero-order valence-electron chi connectivity index (χ0n) is 11.9. The summed E-state index contributed by atoms with van der Waals surface area (Å²) in [5.74, 6) is -0.957. The highest BCUT2D eigenvalue weighted by atomic mass is 16.4. The minimum atomic E-state index is -1.10. The zero-order chi connectivity index (χ0) is 14.4. The second kappa shape index (κ2) is 4.60. The van der Waals surface area contributed by atoms with Crippen molar-refractivity contribution in [2.24, 2.45) is 17.3 Å². The van der Waals surface area contributed by atoms with Gasteiger partial charge in [0.2, 0.25) is 0 Å². The Kier molecular flexibility index (Phi) is 3.52. The number of aliphatic hydroxyl groups is 2. The molecular formula is C15H24O4. The van der Waals surface area contributed by atoms with Crippen LogP contribution in [0.15, 0.2) is 11.6 Å². The molecule has 4 unspecified atom stereocenters. The monoisotopic (exact) mass is 268 g/mol. The normalized spacial score (nSPS) is 42.7. The molecule has 4 heteroatoms. The van der Waals surface area contributed by atoms with Gasteiger partial charge in [0.15, 0.2) is 0 Å². The minimum absolute atomic E-state index is 0.0410. The predicted molar refractivity (Wildman–Crippen MR) is 71.6 cm³/mol. The Hall–Kier alpha value is -0.870. The summed E-state index contributed by atoms with van der Waals surface area (Å²) in [7, 11) is 0. The average molecular weight is 268 g/mol. The van der Waals surface area contributed by atoms with Gasteiger partial charge in [0.1, 0.15) is 0 Å². The van der Waals surface area contributed by atoms with Crippen molar-refractivity contribution in [3.05, 3.63) is 11.6 Å². The minimum Gasteiger partial charge on any atom is -0.478 e.